The van der Waals surface area contributed by atoms with Crippen molar-refractivity contribution in [3.63, 3.8) is 0 Å². The van der Waals surface area contributed by atoms with E-state index in [1.807, 2.05) is 49.1 Å². The molecule has 2 aliphatic rings. The van der Waals surface area contributed by atoms with Gasteiger partial charge in [-0.15, -0.1) is 0 Å². The number of carbonyl (C=O) groups is 1. The zero-order valence-corrected chi connectivity index (χ0v) is 16.5. The smallest absolute Gasteiger partial charge is 0.243 e. The number of amides is 1. The zero-order chi connectivity index (χ0) is 19.2. The standard InChI is InChI=1S/C21H24N2O3S/c1-3-23-19-10-5-4-9-18(19)21(20(23)24)11-13-22(14-12-21)27(25,26)17-8-6-7-16(2)15-17/h4-10,15H,3,11-14H2,1-2H3. The summed E-state index contributed by atoms with van der Waals surface area (Å²) in [6.45, 7) is 5.20. The van der Waals surface area contributed by atoms with E-state index in [9.17, 15) is 13.2 Å². The number of para-hydroxylation sites is 1. The molecule has 0 unspecified atom stereocenters. The Morgan fingerprint density at radius 1 is 1.04 bits per heavy atom. The molecule has 0 aromatic heterocycles. The number of hydrogen-bond donors (Lipinski definition) is 0. The Bertz CT molecular complexity index is 992. The van der Waals surface area contributed by atoms with Crippen LogP contribution < -0.4 is 4.90 Å². The van der Waals surface area contributed by atoms with E-state index in [1.165, 1.54) is 4.31 Å². The van der Waals surface area contributed by atoms with Crippen LogP contribution in [0.5, 0.6) is 0 Å². The van der Waals surface area contributed by atoms with Gasteiger partial charge in [-0.2, -0.15) is 4.31 Å². The topological polar surface area (TPSA) is 57.7 Å². The van der Waals surface area contributed by atoms with E-state index in [0.29, 0.717) is 37.4 Å². The molecule has 1 amide bonds. The van der Waals surface area contributed by atoms with E-state index in [1.54, 1.807) is 18.2 Å². The monoisotopic (exact) mass is 384 g/mol. The fourth-order valence-electron chi connectivity index (χ4n) is 4.43. The molecule has 0 atom stereocenters. The average Bonchev–Trinajstić information content (AvgIpc) is 2.90. The summed E-state index contributed by atoms with van der Waals surface area (Å²) < 4.78 is 27.6. The van der Waals surface area contributed by atoms with Crippen LogP contribution in [0.15, 0.2) is 53.4 Å². The van der Waals surface area contributed by atoms with Gasteiger partial charge in [-0.3, -0.25) is 4.79 Å². The molecule has 2 aliphatic heterocycles. The third kappa shape index (κ3) is 2.70. The Morgan fingerprint density at radius 3 is 2.41 bits per heavy atom. The first kappa shape index (κ1) is 18.2. The summed E-state index contributed by atoms with van der Waals surface area (Å²) in [6, 6.07) is 14.9. The van der Waals surface area contributed by atoms with E-state index < -0.39 is 15.4 Å². The summed E-state index contributed by atoms with van der Waals surface area (Å²) in [7, 11) is -3.54. The fraction of sp³-hybridized carbons (Fsp3) is 0.381. The van der Waals surface area contributed by atoms with Gasteiger partial charge < -0.3 is 4.90 Å². The molecule has 1 fully saturated rings. The Kier molecular flexibility index (Phi) is 4.35. The molecule has 4 rings (SSSR count). The number of aryl methyl sites for hydroxylation is 1. The van der Waals surface area contributed by atoms with Crippen molar-refractivity contribution in [1.29, 1.82) is 0 Å². The largest absolute Gasteiger partial charge is 0.312 e. The van der Waals surface area contributed by atoms with Gasteiger partial charge in [0.15, 0.2) is 0 Å². The summed E-state index contributed by atoms with van der Waals surface area (Å²) in [6.07, 6.45) is 1.04. The number of likely N-dealkylation sites (N-methyl/N-ethyl adjacent to an activating group) is 1. The van der Waals surface area contributed by atoms with Gasteiger partial charge in [0.05, 0.1) is 10.3 Å². The minimum atomic E-state index is -3.54. The van der Waals surface area contributed by atoms with Crippen molar-refractivity contribution in [2.75, 3.05) is 24.5 Å². The maximum Gasteiger partial charge on any atom is 0.243 e. The molecule has 0 bridgehead atoms. The van der Waals surface area contributed by atoms with Crippen LogP contribution in [0.1, 0.15) is 30.9 Å². The lowest BCUT2D eigenvalue weighted by Gasteiger charge is -2.37. The van der Waals surface area contributed by atoms with E-state index in [0.717, 1.165) is 16.8 Å². The van der Waals surface area contributed by atoms with Crippen molar-refractivity contribution in [2.24, 2.45) is 0 Å². The zero-order valence-electron chi connectivity index (χ0n) is 15.7. The maximum absolute atomic E-state index is 13.2. The molecular weight excluding hydrogens is 360 g/mol. The van der Waals surface area contributed by atoms with E-state index in [2.05, 4.69) is 0 Å². The van der Waals surface area contributed by atoms with Gasteiger partial charge in [0.2, 0.25) is 15.9 Å². The van der Waals surface area contributed by atoms with E-state index in [4.69, 9.17) is 0 Å². The molecular formula is C21H24N2O3S. The number of rotatable bonds is 3. The Balaban J connectivity index is 1.63. The number of nitrogens with zero attached hydrogens (tertiary/aromatic N) is 2. The van der Waals surface area contributed by atoms with E-state index in [-0.39, 0.29) is 5.91 Å². The first-order valence-electron chi connectivity index (χ1n) is 9.38. The Labute approximate surface area is 160 Å². The molecule has 27 heavy (non-hydrogen) atoms. The second-order valence-corrected chi connectivity index (χ2v) is 9.31. The summed E-state index contributed by atoms with van der Waals surface area (Å²) in [5, 5.41) is 0. The summed E-state index contributed by atoms with van der Waals surface area (Å²) in [4.78, 5) is 15.4. The number of hydrogen-bond acceptors (Lipinski definition) is 3. The number of sulfonamides is 1. The molecule has 0 aliphatic carbocycles. The molecule has 5 nitrogen and oxygen atoms in total. The fourth-order valence-corrected chi connectivity index (χ4v) is 5.97. The van der Waals surface area contributed by atoms with Gasteiger partial charge in [-0.05, 0) is 56.0 Å². The van der Waals surface area contributed by atoms with Crippen LogP contribution in [0.3, 0.4) is 0 Å². The number of carbonyl (C=O) groups excluding carboxylic acids is 1. The molecule has 2 aromatic carbocycles. The van der Waals surface area contributed by atoms with Crippen LogP contribution in [0.2, 0.25) is 0 Å². The molecule has 1 spiro atoms. The predicted molar refractivity (Wildman–Crippen MR) is 105 cm³/mol. The second-order valence-electron chi connectivity index (χ2n) is 7.37. The van der Waals surface area contributed by atoms with Gasteiger partial charge >= 0.3 is 0 Å². The molecule has 0 saturated carbocycles. The van der Waals surface area contributed by atoms with Crippen LogP contribution in [-0.4, -0.2) is 38.3 Å². The van der Waals surface area contributed by atoms with Crippen molar-refractivity contribution in [1.82, 2.24) is 4.31 Å². The van der Waals surface area contributed by atoms with Crippen LogP contribution in [0.4, 0.5) is 5.69 Å². The second kappa shape index (κ2) is 6.46. The number of fused-ring (bicyclic) bond motifs is 2. The van der Waals surface area contributed by atoms with Crippen molar-refractivity contribution < 1.29 is 13.2 Å². The van der Waals surface area contributed by atoms with Crippen molar-refractivity contribution in [2.45, 2.75) is 37.0 Å². The minimum absolute atomic E-state index is 0.110. The molecule has 2 heterocycles. The van der Waals surface area contributed by atoms with Gasteiger partial charge in [-0.1, -0.05) is 30.3 Å². The summed E-state index contributed by atoms with van der Waals surface area (Å²) in [5.41, 5.74) is 2.35. The minimum Gasteiger partial charge on any atom is -0.312 e. The Hall–Kier alpha value is -2.18. The molecule has 0 radical (unpaired) electrons. The van der Waals surface area contributed by atoms with Gasteiger partial charge in [-0.25, -0.2) is 8.42 Å². The quantitative estimate of drug-likeness (QED) is 0.817. The van der Waals surface area contributed by atoms with Crippen molar-refractivity contribution in [3.8, 4) is 0 Å². The first-order valence-corrected chi connectivity index (χ1v) is 10.8. The third-order valence-corrected chi connectivity index (χ3v) is 7.78. The van der Waals surface area contributed by atoms with Crippen LogP contribution in [0.25, 0.3) is 0 Å². The molecule has 1 saturated heterocycles. The van der Waals surface area contributed by atoms with E-state index >= 15 is 0 Å². The summed E-state index contributed by atoms with van der Waals surface area (Å²) in [5.74, 6) is 0.110. The summed E-state index contributed by atoms with van der Waals surface area (Å²) >= 11 is 0. The maximum atomic E-state index is 13.2. The van der Waals surface area contributed by atoms with Crippen molar-refractivity contribution >= 4 is 21.6 Å². The molecule has 2 aromatic rings. The van der Waals surface area contributed by atoms with Crippen molar-refractivity contribution in [3.05, 3.63) is 59.7 Å². The first-order chi connectivity index (χ1) is 12.9. The highest BCUT2D eigenvalue weighted by Gasteiger charge is 2.52. The number of piperidine rings is 1. The lowest BCUT2D eigenvalue weighted by Crippen LogP contribution is -2.50. The Morgan fingerprint density at radius 2 is 1.74 bits per heavy atom. The molecule has 0 N–H and O–H groups in total. The van der Waals surface area contributed by atoms with Crippen LogP contribution >= 0.6 is 0 Å². The van der Waals surface area contributed by atoms with Crippen LogP contribution in [-0.2, 0) is 20.2 Å². The average molecular weight is 385 g/mol. The highest BCUT2D eigenvalue weighted by atomic mass is 32.2. The SMILES string of the molecule is CCN1C(=O)C2(CCN(S(=O)(=O)c3cccc(C)c3)CC2)c2ccccc21. The number of benzene rings is 2. The lowest BCUT2D eigenvalue weighted by atomic mass is 9.74. The van der Waals surface area contributed by atoms with Gasteiger partial charge in [0.1, 0.15) is 0 Å². The van der Waals surface area contributed by atoms with Gasteiger partial charge in [0, 0.05) is 25.3 Å². The molecule has 142 valence electrons. The number of anilines is 1. The van der Waals surface area contributed by atoms with Gasteiger partial charge in [0.25, 0.3) is 0 Å². The normalized spacial score (nSPS) is 19.5. The highest BCUT2D eigenvalue weighted by molar-refractivity contribution is 7.89. The molecule has 6 heteroatoms. The highest BCUT2D eigenvalue weighted by Crippen LogP contribution is 2.48. The predicted octanol–water partition coefficient (Wildman–Crippen LogP) is 3.08. The lowest BCUT2D eigenvalue weighted by molar-refractivity contribution is -0.124. The third-order valence-electron chi connectivity index (χ3n) is 5.88. The van der Waals surface area contributed by atoms with Crippen LogP contribution in [0, 0.1) is 6.92 Å².